The summed E-state index contributed by atoms with van der Waals surface area (Å²) in [6.07, 6.45) is 7.06. The number of carbonyl (C=O) groups excluding carboxylic acids is 2. The summed E-state index contributed by atoms with van der Waals surface area (Å²) < 4.78 is 1.69. The number of likely N-dealkylation sites (tertiary alicyclic amines) is 1. The second-order valence-electron chi connectivity index (χ2n) is 6.97. The summed E-state index contributed by atoms with van der Waals surface area (Å²) in [6, 6.07) is 0. The second-order valence-corrected chi connectivity index (χ2v) is 6.97. The van der Waals surface area contributed by atoms with Gasteiger partial charge in [-0.3, -0.25) is 14.5 Å². The van der Waals surface area contributed by atoms with Crippen LogP contribution in [0.1, 0.15) is 19.3 Å². The molecule has 8 nitrogen and oxygen atoms in total. The normalized spacial score (nSPS) is 25.2. The van der Waals surface area contributed by atoms with Crippen LogP contribution in [-0.2, 0) is 16.1 Å². The molecule has 3 rings (SSSR count). The maximum Gasteiger partial charge on any atom is 0.242 e. The van der Waals surface area contributed by atoms with Crippen molar-refractivity contribution >= 4 is 11.8 Å². The van der Waals surface area contributed by atoms with E-state index in [1.54, 1.807) is 23.3 Å². The van der Waals surface area contributed by atoms with Gasteiger partial charge in [-0.15, -0.1) is 16.8 Å². The van der Waals surface area contributed by atoms with Gasteiger partial charge in [0.15, 0.2) is 0 Å². The molecule has 2 amide bonds. The van der Waals surface area contributed by atoms with Crippen LogP contribution in [-0.4, -0.2) is 86.6 Å². The standard InChI is InChI=1S/C17H26N6O2/c1-3-7-22-8-6-17(5-4-15(22)24)12-23(10-9-20(17)2)16(25)11-21-13-18-19-14-21/h3,13-14H,1,4-12H2,2H3/t17-/m0/s1. The highest BCUT2D eigenvalue weighted by atomic mass is 16.2. The first kappa shape index (κ1) is 17.6. The molecule has 136 valence electrons. The molecule has 2 aliphatic rings. The third-order valence-corrected chi connectivity index (χ3v) is 5.49. The molecule has 1 spiro atoms. The molecule has 0 aromatic carbocycles. The Balaban J connectivity index is 1.70. The van der Waals surface area contributed by atoms with Crippen LogP contribution in [0.2, 0.25) is 0 Å². The van der Waals surface area contributed by atoms with Crippen molar-refractivity contribution in [2.75, 3.05) is 39.8 Å². The summed E-state index contributed by atoms with van der Waals surface area (Å²) >= 11 is 0. The molecule has 25 heavy (non-hydrogen) atoms. The summed E-state index contributed by atoms with van der Waals surface area (Å²) in [6.45, 7) is 7.50. The average molecular weight is 346 g/mol. The Labute approximate surface area is 148 Å². The fourth-order valence-corrected chi connectivity index (χ4v) is 3.82. The zero-order chi connectivity index (χ0) is 17.9. The predicted octanol–water partition coefficient (Wildman–Crippen LogP) is -0.0106. The molecular formula is C17H26N6O2. The molecular weight excluding hydrogens is 320 g/mol. The van der Waals surface area contributed by atoms with Crippen molar-refractivity contribution in [3.8, 4) is 0 Å². The van der Waals surface area contributed by atoms with Crippen LogP contribution in [0.4, 0.5) is 0 Å². The number of hydrogen-bond acceptors (Lipinski definition) is 5. The summed E-state index contributed by atoms with van der Waals surface area (Å²) in [5, 5.41) is 7.49. The van der Waals surface area contributed by atoms with Crippen molar-refractivity contribution in [3.05, 3.63) is 25.3 Å². The molecule has 2 fully saturated rings. The van der Waals surface area contributed by atoms with E-state index >= 15 is 0 Å². The molecule has 0 aliphatic carbocycles. The van der Waals surface area contributed by atoms with Crippen LogP contribution < -0.4 is 0 Å². The van der Waals surface area contributed by atoms with Gasteiger partial charge in [0.05, 0.1) is 0 Å². The van der Waals surface area contributed by atoms with E-state index in [9.17, 15) is 9.59 Å². The minimum Gasteiger partial charge on any atom is -0.339 e. The number of likely N-dealkylation sites (N-methyl/N-ethyl adjacent to an activating group) is 1. The van der Waals surface area contributed by atoms with Crippen LogP contribution in [0, 0.1) is 0 Å². The quantitative estimate of drug-likeness (QED) is 0.717. The largest absolute Gasteiger partial charge is 0.339 e. The van der Waals surface area contributed by atoms with Gasteiger partial charge in [0.25, 0.3) is 0 Å². The van der Waals surface area contributed by atoms with Crippen molar-refractivity contribution in [1.82, 2.24) is 29.5 Å². The molecule has 1 atom stereocenters. The van der Waals surface area contributed by atoms with E-state index in [1.807, 2.05) is 9.80 Å². The van der Waals surface area contributed by atoms with Crippen molar-refractivity contribution in [2.24, 2.45) is 0 Å². The molecule has 0 radical (unpaired) electrons. The molecule has 0 bridgehead atoms. The summed E-state index contributed by atoms with van der Waals surface area (Å²) in [4.78, 5) is 31.1. The maximum atomic E-state index is 12.7. The van der Waals surface area contributed by atoms with Gasteiger partial charge in [-0.1, -0.05) is 6.08 Å². The van der Waals surface area contributed by atoms with Gasteiger partial charge in [0.1, 0.15) is 19.2 Å². The summed E-state index contributed by atoms with van der Waals surface area (Å²) in [5.74, 6) is 0.254. The zero-order valence-electron chi connectivity index (χ0n) is 14.8. The first-order valence-electron chi connectivity index (χ1n) is 8.74. The van der Waals surface area contributed by atoms with E-state index in [2.05, 4.69) is 28.7 Å². The Kier molecular flexibility index (Phi) is 5.17. The Hall–Kier alpha value is -2.22. The average Bonchev–Trinajstić information content (AvgIpc) is 3.06. The third kappa shape index (κ3) is 3.73. The van der Waals surface area contributed by atoms with Gasteiger partial charge in [-0.25, -0.2) is 0 Å². The number of piperazine rings is 1. The number of amides is 2. The van der Waals surface area contributed by atoms with Crippen LogP contribution in [0.15, 0.2) is 25.3 Å². The van der Waals surface area contributed by atoms with Gasteiger partial charge in [0.2, 0.25) is 11.8 Å². The Morgan fingerprint density at radius 2 is 2.04 bits per heavy atom. The number of aromatic nitrogens is 3. The van der Waals surface area contributed by atoms with Crippen LogP contribution in [0.3, 0.4) is 0 Å². The van der Waals surface area contributed by atoms with E-state index in [1.165, 1.54) is 0 Å². The summed E-state index contributed by atoms with van der Waals surface area (Å²) in [5.41, 5.74) is -0.132. The molecule has 2 aliphatic heterocycles. The van der Waals surface area contributed by atoms with E-state index in [0.29, 0.717) is 32.6 Å². The first-order valence-corrected chi connectivity index (χ1v) is 8.74. The minimum atomic E-state index is -0.132. The number of nitrogens with zero attached hydrogens (tertiary/aromatic N) is 6. The molecule has 2 saturated heterocycles. The fraction of sp³-hybridized carbons (Fsp3) is 0.647. The highest BCUT2D eigenvalue weighted by Crippen LogP contribution is 2.32. The van der Waals surface area contributed by atoms with Gasteiger partial charge >= 0.3 is 0 Å². The topological polar surface area (TPSA) is 74.6 Å². The highest BCUT2D eigenvalue weighted by Gasteiger charge is 2.43. The smallest absolute Gasteiger partial charge is 0.242 e. The van der Waals surface area contributed by atoms with Crippen molar-refractivity contribution in [1.29, 1.82) is 0 Å². The van der Waals surface area contributed by atoms with E-state index < -0.39 is 0 Å². The first-order chi connectivity index (χ1) is 12.0. The van der Waals surface area contributed by atoms with Crippen molar-refractivity contribution < 1.29 is 9.59 Å². The monoisotopic (exact) mass is 346 g/mol. The SMILES string of the molecule is C=CCN1CC[C@@]2(CCC1=O)CN(C(=O)Cn1cnnc1)CCN2C. The summed E-state index contributed by atoms with van der Waals surface area (Å²) in [7, 11) is 2.11. The Bertz CT molecular complexity index is 631. The molecule has 0 saturated carbocycles. The van der Waals surface area contributed by atoms with Gasteiger partial charge < -0.3 is 14.4 Å². The number of hydrogen-bond donors (Lipinski definition) is 0. The van der Waals surface area contributed by atoms with Gasteiger partial charge in [-0.2, -0.15) is 0 Å². The lowest BCUT2D eigenvalue weighted by molar-refractivity contribution is -0.137. The Morgan fingerprint density at radius 1 is 1.28 bits per heavy atom. The lowest BCUT2D eigenvalue weighted by atomic mass is 9.86. The van der Waals surface area contributed by atoms with E-state index in [-0.39, 0.29) is 23.9 Å². The van der Waals surface area contributed by atoms with Crippen LogP contribution in [0.25, 0.3) is 0 Å². The Morgan fingerprint density at radius 3 is 2.76 bits per heavy atom. The highest BCUT2D eigenvalue weighted by molar-refractivity contribution is 5.77. The molecule has 0 unspecified atom stereocenters. The predicted molar refractivity (Wildman–Crippen MR) is 92.6 cm³/mol. The maximum absolute atomic E-state index is 12.7. The minimum absolute atomic E-state index is 0.0748. The van der Waals surface area contributed by atoms with E-state index in [4.69, 9.17) is 0 Å². The second kappa shape index (κ2) is 7.35. The van der Waals surface area contributed by atoms with Crippen LogP contribution in [0.5, 0.6) is 0 Å². The molecule has 8 heteroatoms. The molecule has 0 N–H and O–H groups in total. The van der Waals surface area contributed by atoms with Crippen LogP contribution >= 0.6 is 0 Å². The van der Waals surface area contributed by atoms with Gasteiger partial charge in [0, 0.05) is 44.7 Å². The molecule has 1 aromatic heterocycles. The van der Waals surface area contributed by atoms with E-state index in [0.717, 1.165) is 19.4 Å². The van der Waals surface area contributed by atoms with Gasteiger partial charge in [-0.05, 0) is 19.9 Å². The van der Waals surface area contributed by atoms with Crippen molar-refractivity contribution in [2.45, 2.75) is 31.3 Å². The zero-order valence-corrected chi connectivity index (χ0v) is 14.8. The fourth-order valence-electron chi connectivity index (χ4n) is 3.82. The molecule has 1 aromatic rings. The van der Waals surface area contributed by atoms with Crippen molar-refractivity contribution in [3.63, 3.8) is 0 Å². The lowest BCUT2D eigenvalue weighted by Crippen LogP contribution is -2.62. The third-order valence-electron chi connectivity index (χ3n) is 5.49. The molecule has 3 heterocycles. The lowest BCUT2D eigenvalue weighted by Gasteiger charge is -2.49. The number of rotatable bonds is 4. The number of carbonyl (C=O) groups is 2.